The second kappa shape index (κ2) is 8.04. The fourth-order valence-electron chi connectivity index (χ4n) is 1.71. The first-order valence-electron chi connectivity index (χ1n) is 6.43. The molecule has 0 bridgehead atoms. The molecule has 1 aromatic rings. The minimum absolute atomic E-state index is 0.206. The van der Waals surface area contributed by atoms with Gasteiger partial charge in [0.1, 0.15) is 11.3 Å². The molecule has 102 valence electrons. The molecule has 0 radical (unpaired) electrons. The van der Waals surface area contributed by atoms with Crippen LogP contribution in [-0.2, 0) is 0 Å². The first-order valence-corrected chi connectivity index (χ1v) is 6.43. The smallest absolute Gasteiger partial charge is 0.257 e. The Morgan fingerprint density at radius 3 is 2.95 bits per heavy atom. The first kappa shape index (κ1) is 14.9. The van der Waals surface area contributed by atoms with E-state index < -0.39 is 0 Å². The highest BCUT2D eigenvalue weighted by molar-refractivity contribution is 6.01. The molecule has 0 unspecified atom stereocenters. The molecular weight excluding hydrogens is 240 g/mol. The van der Waals surface area contributed by atoms with E-state index in [4.69, 9.17) is 16.9 Å². The number of terminal acetylenes is 1. The monoisotopic (exact) mass is 260 g/mol. The summed E-state index contributed by atoms with van der Waals surface area (Å²) in [6, 6.07) is 5.20. The van der Waals surface area contributed by atoms with Crippen molar-refractivity contribution in [3.63, 3.8) is 0 Å². The summed E-state index contributed by atoms with van der Waals surface area (Å²) in [4.78, 5) is 12.1. The van der Waals surface area contributed by atoms with Crippen LogP contribution < -0.4 is 15.8 Å². The Kier molecular flexibility index (Phi) is 6.31. The number of nitrogen functional groups attached to an aromatic ring is 1. The number of hydrogen-bond acceptors (Lipinski definition) is 3. The van der Waals surface area contributed by atoms with Gasteiger partial charge in [-0.3, -0.25) is 4.79 Å². The van der Waals surface area contributed by atoms with Crippen LogP contribution in [-0.4, -0.2) is 19.1 Å². The number of carbonyl (C=O) groups excluding carboxylic acids is 1. The van der Waals surface area contributed by atoms with Gasteiger partial charge in [0.2, 0.25) is 0 Å². The molecule has 0 saturated carbocycles. The predicted molar refractivity (Wildman–Crippen MR) is 77.0 cm³/mol. The molecule has 0 heterocycles. The van der Waals surface area contributed by atoms with E-state index in [9.17, 15) is 4.79 Å². The van der Waals surface area contributed by atoms with E-state index in [1.807, 2.05) is 6.92 Å². The van der Waals surface area contributed by atoms with Crippen molar-refractivity contribution in [2.24, 2.45) is 0 Å². The summed E-state index contributed by atoms with van der Waals surface area (Å²) in [6.07, 6.45) is 7.65. The Hall–Kier alpha value is -2.15. The number of amides is 1. The van der Waals surface area contributed by atoms with Gasteiger partial charge in [-0.05, 0) is 31.9 Å². The van der Waals surface area contributed by atoms with Crippen molar-refractivity contribution < 1.29 is 9.53 Å². The third kappa shape index (κ3) is 4.55. The van der Waals surface area contributed by atoms with E-state index in [0.29, 0.717) is 30.2 Å². The van der Waals surface area contributed by atoms with Crippen molar-refractivity contribution in [3.8, 4) is 18.1 Å². The summed E-state index contributed by atoms with van der Waals surface area (Å²) in [5.74, 6) is 2.88. The lowest BCUT2D eigenvalue weighted by atomic mass is 10.1. The zero-order valence-corrected chi connectivity index (χ0v) is 11.2. The van der Waals surface area contributed by atoms with Crippen molar-refractivity contribution in [1.82, 2.24) is 5.32 Å². The molecule has 0 aliphatic rings. The van der Waals surface area contributed by atoms with E-state index in [2.05, 4.69) is 11.2 Å². The van der Waals surface area contributed by atoms with Crippen LogP contribution in [0.25, 0.3) is 0 Å². The third-order valence-corrected chi connectivity index (χ3v) is 2.62. The zero-order chi connectivity index (χ0) is 14.1. The quantitative estimate of drug-likeness (QED) is 0.449. The van der Waals surface area contributed by atoms with E-state index in [-0.39, 0.29) is 5.91 Å². The number of unbranched alkanes of at least 4 members (excludes halogenated alkanes) is 2. The molecule has 0 atom stereocenters. The lowest BCUT2D eigenvalue weighted by Crippen LogP contribution is -2.26. The SMILES string of the molecule is C#CCCCCNC(=O)c1c(N)cccc1OCC. The fraction of sp³-hybridized carbons (Fsp3) is 0.400. The second-order valence-electron chi connectivity index (χ2n) is 4.07. The van der Waals surface area contributed by atoms with Crippen molar-refractivity contribution in [2.45, 2.75) is 26.2 Å². The van der Waals surface area contributed by atoms with E-state index >= 15 is 0 Å². The number of nitrogens with two attached hydrogens (primary N) is 1. The molecule has 0 aliphatic carbocycles. The van der Waals surface area contributed by atoms with Crippen LogP contribution in [0.5, 0.6) is 5.75 Å². The summed E-state index contributed by atoms with van der Waals surface area (Å²) in [7, 11) is 0. The molecule has 4 nitrogen and oxygen atoms in total. The number of hydrogen-bond donors (Lipinski definition) is 2. The van der Waals surface area contributed by atoms with Crippen molar-refractivity contribution in [3.05, 3.63) is 23.8 Å². The fourth-order valence-corrected chi connectivity index (χ4v) is 1.71. The maximum Gasteiger partial charge on any atom is 0.257 e. The second-order valence-corrected chi connectivity index (χ2v) is 4.07. The van der Waals surface area contributed by atoms with Gasteiger partial charge in [-0.15, -0.1) is 12.3 Å². The maximum absolute atomic E-state index is 12.1. The van der Waals surface area contributed by atoms with Crippen LogP contribution in [0.3, 0.4) is 0 Å². The van der Waals surface area contributed by atoms with Crippen molar-refractivity contribution >= 4 is 11.6 Å². The van der Waals surface area contributed by atoms with Gasteiger partial charge >= 0.3 is 0 Å². The summed E-state index contributed by atoms with van der Waals surface area (Å²) in [6.45, 7) is 2.94. The molecule has 0 saturated heterocycles. The van der Waals surface area contributed by atoms with Crippen LogP contribution in [0, 0.1) is 12.3 Å². The molecule has 0 fully saturated rings. The highest BCUT2D eigenvalue weighted by Gasteiger charge is 2.15. The average Bonchev–Trinajstić information content (AvgIpc) is 2.39. The lowest BCUT2D eigenvalue weighted by molar-refractivity contribution is 0.0950. The normalized spacial score (nSPS) is 9.68. The summed E-state index contributed by atoms with van der Waals surface area (Å²) in [5.41, 5.74) is 6.66. The molecule has 1 amide bonds. The Balaban J connectivity index is 2.63. The number of ether oxygens (including phenoxy) is 1. The van der Waals surface area contributed by atoms with E-state index in [0.717, 1.165) is 19.3 Å². The third-order valence-electron chi connectivity index (χ3n) is 2.62. The molecule has 4 heteroatoms. The molecular formula is C15H20N2O2. The molecule has 0 aromatic heterocycles. The standard InChI is InChI=1S/C15H20N2O2/c1-3-5-6-7-11-17-15(18)14-12(16)9-8-10-13(14)19-4-2/h1,8-10H,4-7,11,16H2,2H3,(H,17,18). The minimum atomic E-state index is -0.206. The van der Waals surface area contributed by atoms with Gasteiger partial charge in [0, 0.05) is 18.7 Å². The molecule has 0 spiro atoms. The number of carbonyl (C=O) groups is 1. The average molecular weight is 260 g/mol. The van der Waals surface area contributed by atoms with Crippen molar-refractivity contribution in [2.75, 3.05) is 18.9 Å². The van der Waals surface area contributed by atoms with Crippen LogP contribution >= 0.6 is 0 Å². The summed E-state index contributed by atoms with van der Waals surface area (Å²) >= 11 is 0. The van der Waals surface area contributed by atoms with Gasteiger partial charge in [-0.1, -0.05) is 6.07 Å². The Labute approximate surface area is 114 Å². The Morgan fingerprint density at radius 1 is 1.47 bits per heavy atom. The number of anilines is 1. The van der Waals surface area contributed by atoms with Gasteiger partial charge in [-0.25, -0.2) is 0 Å². The first-order chi connectivity index (χ1) is 9.20. The molecule has 19 heavy (non-hydrogen) atoms. The number of nitrogens with one attached hydrogen (secondary N) is 1. The zero-order valence-electron chi connectivity index (χ0n) is 11.2. The number of rotatable bonds is 7. The minimum Gasteiger partial charge on any atom is -0.493 e. The maximum atomic E-state index is 12.1. The molecule has 0 aliphatic heterocycles. The van der Waals surface area contributed by atoms with Gasteiger partial charge in [0.25, 0.3) is 5.91 Å². The van der Waals surface area contributed by atoms with Crippen molar-refractivity contribution in [1.29, 1.82) is 0 Å². The van der Waals surface area contributed by atoms with Crippen LogP contribution in [0.1, 0.15) is 36.5 Å². The summed E-state index contributed by atoms with van der Waals surface area (Å²) in [5, 5.41) is 2.83. The highest BCUT2D eigenvalue weighted by Crippen LogP contribution is 2.24. The van der Waals surface area contributed by atoms with Gasteiger partial charge in [0.05, 0.1) is 6.61 Å². The van der Waals surface area contributed by atoms with E-state index in [1.54, 1.807) is 18.2 Å². The Morgan fingerprint density at radius 2 is 2.26 bits per heavy atom. The predicted octanol–water partition coefficient (Wildman–Crippen LogP) is 2.20. The summed E-state index contributed by atoms with van der Waals surface area (Å²) < 4.78 is 5.42. The van der Waals surface area contributed by atoms with Gasteiger partial charge < -0.3 is 15.8 Å². The topological polar surface area (TPSA) is 64.4 Å². The Bertz CT molecular complexity index is 464. The number of benzene rings is 1. The molecule has 3 N–H and O–H groups in total. The van der Waals surface area contributed by atoms with E-state index in [1.165, 1.54) is 0 Å². The van der Waals surface area contributed by atoms with Gasteiger partial charge in [-0.2, -0.15) is 0 Å². The molecule has 1 rings (SSSR count). The molecule has 1 aromatic carbocycles. The van der Waals surface area contributed by atoms with Gasteiger partial charge in [0.15, 0.2) is 0 Å². The lowest BCUT2D eigenvalue weighted by Gasteiger charge is -2.12. The van der Waals surface area contributed by atoms with Crippen LogP contribution in [0.2, 0.25) is 0 Å². The van der Waals surface area contributed by atoms with Crippen LogP contribution in [0.4, 0.5) is 5.69 Å². The van der Waals surface area contributed by atoms with Crippen LogP contribution in [0.15, 0.2) is 18.2 Å². The largest absolute Gasteiger partial charge is 0.493 e. The highest BCUT2D eigenvalue weighted by atomic mass is 16.5.